The molecule has 3 N–H and O–H groups in total. The number of nitrogens with one attached hydrogen (secondary N) is 1. The fourth-order valence-electron chi connectivity index (χ4n) is 3.56. The van der Waals surface area contributed by atoms with E-state index >= 15 is 0 Å². The van der Waals surface area contributed by atoms with Crippen LogP contribution in [0.3, 0.4) is 0 Å². The monoisotopic (exact) mass is 497 g/mol. The Kier molecular flexibility index (Phi) is 19.2. The van der Waals surface area contributed by atoms with Gasteiger partial charge in [0.1, 0.15) is 5.82 Å². The van der Waals surface area contributed by atoms with Crippen LogP contribution >= 0.6 is 11.6 Å². The molecule has 0 radical (unpaired) electrons. The molecule has 1 aromatic heterocycles. The molecule has 1 unspecified atom stereocenters. The summed E-state index contributed by atoms with van der Waals surface area (Å²) >= 11 is 6.60. The van der Waals surface area contributed by atoms with E-state index in [1.54, 1.807) is 19.4 Å². The number of allylic oxidation sites excluding steroid dienone is 2. The molecule has 0 aliphatic rings. The first-order chi connectivity index (χ1) is 16.9. The summed E-state index contributed by atoms with van der Waals surface area (Å²) in [5.74, 6) is 1.53. The maximum atomic E-state index is 6.60. The number of hydrogen-bond donors (Lipinski definition) is 2. The van der Waals surface area contributed by atoms with E-state index in [9.17, 15) is 0 Å². The van der Waals surface area contributed by atoms with Crippen molar-refractivity contribution in [2.75, 3.05) is 33.0 Å². The maximum absolute atomic E-state index is 6.60. The van der Waals surface area contributed by atoms with Gasteiger partial charge in [-0.25, -0.2) is 4.98 Å². The van der Waals surface area contributed by atoms with Crippen molar-refractivity contribution in [3.63, 3.8) is 0 Å². The Balaban J connectivity index is 0.00000108. The van der Waals surface area contributed by atoms with Crippen molar-refractivity contribution in [3.8, 4) is 12.8 Å². The lowest BCUT2D eigenvalue weighted by molar-refractivity contribution is 0.195. The fourth-order valence-corrected chi connectivity index (χ4v) is 3.93. The third-order valence-electron chi connectivity index (χ3n) is 5.51. The highest BCUT2D eigenvalue weighted by Crippen LogP contribution is 2.30. The number of benzene rings is 1. The highest BCUT2D eigenvalue weighted by Gasteiger charge is 2.10. The molecule has 0 spiro atoms. The molecule has 0 aliphatic carbocycles. The van der Waals surface area contributed by atoms with Crippen LogP contribution in [-0.2, 0) is 4.74 Å². The number of ether oxygens (including phenoxy) is 1. The topological polar surface area (TPSA) is 60.2 Å². The van der Waals surface area contributed by atoms with Crippen LogP contribution in [-0.4, -0.2) is 32.3 Å². The molecular weight excluding hydrogens is 454 g/mol. The van der Waals surface area contributed by atoms with Crippen LogP contribution in [0, 0.1) is 18.8 Å². The Morgan fingerprint density at radius 3 is 2.49 bits per heavy atom. The number of nitrogen functional groups attached to an aromatic ring is 1. The molecule has 2 atom stereocenters. The zero-order valence-corrected chi connectivity index (χ0v) is 22.7. The summed E-state index contributed by atoms with van der Waals surface area (Å²) in [5, 5.41) is 4.08. The summed E-state index contributed by atoms with van der Waals surface area (Å²) in [6.07, 6.45) is 19.4. The van der Waals surface area contributed by atoms with Gasteiger partial charge < -0.3 is 15.8 Å². The van der Waals surface area contributed by atoms with Gasteiger partial charge in [-0.1, -0.05) is 61.4 Å². The number of halogens is 1. The molecular formula is C30H44ClN3O. The summed E-state index contributed by atoms with van der Waals surface area (Å²) in [6, 6.07) is 11.9. The van der Waals surface area contributed by atoms with Crippen molar-refractivity contribution < 1.29 is 4.74 Å². The van der Waals surface area contributed by atoms with Crippen LogP contribution in [0.5, 0.6) is 0 Å². The van der Waals surface area contributed by atoms with Crippen LogP contribution in [0.25, 0.3) is 6.08 Å². The lowest BCUT2D eigenvalue weighted by Gasteiger charge is -2.15. The van der Waals surface area contributed by atoms with Gasteiger partial charge in [-0.3, -0.25) is 0 Å². The second-order valence-corrected chi connectivity index (χ2v) is 8.91. The van der Waals surface area contributed by atoms with Crippen molar-refractivity contribution in [1.82, 2.24) is 10.3 Å². The van der Waals surface area contributed by atoms with Gasteiger partial charge in [0.15, 0.2) is 0 Å². The number of nitrogens with zero attached hydrogens (tertiary/aromatic N) is 1. The van der Waals surface area contributed by atoms with Gasteiger partial charge in [-0.05, 0) is 86.9 Å². The van der Waals surface area contributed by atoms with E-state index in [2.05, 4.69) is 67.8 Å². The Morgan fingerprint density at radius 1 is 1.23 bits per heavy atom. The molecule has 0 saturated heterocycles. The number of pyridine rings is 1. The third-order valence-corrected chi connectivity index (χ3v) is 5.84. The first-order valence-corrected chi connectivity index (χ1v) is 12.5. The first-order valence-electron chi connectivity index (χ1n) is 12.2. The molecule has 0 amide bonds. The van der Waals surface area contributed by atoms with Crippen molar-refractivity contribution >= 4 is 23.5 Å². The minimum Gasteiger partial charge on any atom is -0.385 e. The Labute approximate surface area is 219 Å². The maximum Gasteiger partial charge on any atom is 0.123 e. The lowest BCUT2D eigenvalue weighted by Crippen LogP contribution is -2.08. The number of aromatic nitrogens is 1. The summed E-state index contributed by atoms with van der Waals surface area (Å²) < 4.78 is 5.20. The average molecular weight is 498 g/mol. The van der Waals surface area contributed by atoms with Crippen LogP contribution < -0.4 is 11.1 Å². The normalized spacial score (nSPS) is 12.4. The van der Waals surface area contributed by atoms with Gasteiger partial charge in [0.25, 0.3) is 0 Å². The quantitative estimate of drug-likeness (QED) is 0.172. The summed E-state index contributed by atoms with van der Waals surface area (Å²) in [7, 11) is 3.75. The Bertz CT molecular complexity index is 864. The fraction of sp³-hybridized carbons (Fsp3) is 0.433. The molecule has 0 fully saturated rings. The van der Waals surface area contributed by atoms with Gasteiger partial charge in [-0.15, -0.1) is 19.4 Å². The zero-order chi connectivity index (χ0) is 26.5. The SMILES string of the molecule is C#C.C=CC(C)C/C(=C/c1ccc([C@@H](C)CCCNC)c(Cl)c1)CCCOC.Nc1ccccn1. The molecule has 35 heavy (non-hydrogen) atoms. The predicted octanol–water partition coefficient (Wildman–Crippen LogP) is 7.38. The van der Waals surface area contributed by atoms with Gasteiger partial charge in [0.05, 0.1) is 0 Å². The molecule has 4 nitrogen and oxygen atoms in total. The third kappa shape index (κ3) is 15.1. The summed E-state index contributed by atoms with van der Waals surface area (Å²) in [5.41, 5.74) is 9.11. The van der Waals surface area contributed by atoms with Crippen molar-refractivity contribution in [3.05, 3.63) is 77.0 Å². The Morgan fingerprint density at radius 2 is 1.97 bits per heavy atom. The standard InChI is InChI=1S/C23H36ClNO.C5H6N2.C2H2/c1-6-18(2)15-20(10-8-14-26-5)16-21-11-12-22(23(24)17-21)19(3)9-7-13-25-4;6-5-3-1-2-4-7-5;1-2/h6,11-12,16-19,25H,1,7-10,13-15H2,2-5H3;1-4H,(H2,6,7);1-2H/b20-16+;;/t18?,19-;;/m0../s1. The predicted molar refractivity (Wildman–Crippen MR) is 155 cm³/mol. The van der Waals surface area contributed by atoms with Crippen LogP contribution in [0.1, 0.15) is 63.0 Å². The van der Waals surface area contributed by atoms with E-state index in [1.807, 2.05) is 25.3 Å². The van der Waals surface area contributed by atoms with E-state index in [0.29, 0.717) is 17.7 Å². The molecule has 5 heteroatoms. The molecule has 0 saturated carbocycles. The number of methoxy groups -OCH3 is 1. The number of anilines is 1. The van der Waals surface area contributed by atoms with E-state index in [-0.39, 0.29) is 0 Å². The minimum absolute atomic E-state index is 0.478. The molecule has 192 valence electrons. The van der Waals surface area contributed by atoms with Gasteiger partial charge in [-0.2, -0.15) is 0 Å². The van der Waals surface area contributed by atoms with Gasteiger partial charge in [0, 0.05) is 24.9 Å². The van der Waals surface area contributed by atoms with Crippen molar-refractivity contribution in [2.24, 2.45) is 5.92 Å². The van der Waals surface area contributed by atoms with Crippen molar-refractivity contribution in [1.29, 1.82) is 0 Å². The molecule has 2 rings (SSSR count). The highest BCUT2D eigenvalue weighted by molar-refractivity contribution is 6.31. The van der Waals surface area contributed by atoms with Crippen LogP contribution in [0.4, 0.5) is 5.82 Å². The second-order valence-electron chi connectivity index (χ2n) is 8.50. The molecule has 0 bridgehead atoms. The number of nitrogens with two attached hydrogens (primary N) is 1. The first kappa shape index (κ1) is 32.4. The van der Waals surface area contributed by atoms with E-state index < -0.39 is 0 Å². The number of terminal acetylenes is 1. The molecule has 2 aromatic rings. The minimum atomic E-state index is 0.478. The average Bonchev–Trinajstić information content (AvgIpc) is 2.86. The second kappa shape index (κ2) is 20.8. The smallest absolute Gasteiger partial charge is 0.123 e. The van der Waals surface area contributed by atoms with Gasteiger partial charge in [0.2, 0.25) is 0 Å². The summed E-state index contributed by atoms with van der Waals surface area (Å²) in [4.78, 5) is 3.76. The number of rotatable bonds is 13. The zero-order valence-electron chi connectivity index (χ0n) is 22.0. The highest BCUT2D eigenvalue weighted by atomic mass is 35.5. The van der Waals surface area contributed by atoms with Crippen LogP contribution in [0.15, 0.2) is 60.8 Å². The van der Waals surface area contributed by atoms with E-state index in [4.69, 9.17) is 22.1 Å². The molecule has 0 aliphatic heterocycles. The van der Waals surface area contributed by atoms with Gasteiger partial charge >= 0.3 is 0 Å². The number of hydrogen-bond acceptors (Lipinski definition) is 4. The Hall–Kier alpha value is -2.58. The molecule has 1 aromatic carbocycles. The van der Waals surface area contributed by atoms with Crippen molar-refractivity contribution in [2.45, 2.75) is 51.9 Å². The lowest BCUT2D eigenvalue weighted by atomic mass is 9.93. The van der Waals surface area contributed by atoms with E-state index in [0.717, 1.165) is 43.9 Å². The summed E-state index contributed by atoms with van der Waals surface area (Å²) in [6.45, 7) is 10.2. The van der Waals surface area contributed by atoms with E-state index in [1.165, 1.54) is 23.1 Å². The molecule has 1 heterocycles. The largest absolute Gasteiger partial charge is 0.385 e. The van der Waals surface area contributed by atoms with Crippen LogP contribution in [0.2, 0.25) is 5.02 Å².